The van der Waals surface area contributed by atoms with Crippen LogP contribution in [0.15, 0.2) is 24.3 Å². The third-order valence-corrected chi connectivity index (χ3v) is 3.59. The molecule has 0 saturated heterocycles. The molecule has 1 atom stereocenters. The second-order valence-electron chi connectivity index (χ2n) is 4.82. The fourth-order valence-corrected chi connectivity index (χ4v) is 2.51. The molecule has 0 aliphatic heterocycles. The summed E-state index contributed by atoms with van der Waals surface area (Å²) in [5.41, 5.74) is 2.12. The van der Waals surface area contributed by atoms with E-state index in [0.29, 0.717) is 13.0 Å². The van der Waals surface area contributed by atoms with Gasteiger partial charge in [0.05, 0.1) is 23.6 Å². The Labute approximate surface area is 119 Å². The molecule has 20 heavy (non-hydrogen) atoms. The molecule has 0 aliphatic carbocycles. The van der Waals surface area contributed by atoms with E-state index in [1.807, 2.05) is 32.0 Å². The van der Waals surface area contributed by atoms with Crippen molar-refractivity contribution in [2.75, 3.05) is 6.61 Å². The quantitative estimate of drug-likeness (QED) is 0.760. The largest absolute Gasteiger partial charge is 0.466 e. The van der Waals surface area contributed by atoms with E-state index in [9.17, 15) is 4.79 Å². The minimum absolute atomic E-state index is 0.114. The maximum Gasteiger partial charge on any atom is 0.309 e. The standard InChI is InChI=1S/C16H22N2O2/c1-4-12(16(19)20-6-3)11-15-17-13-9-7-8-10-14(13)18(15)5-2/h7-10,12H,4-6,11H2,1-3H3. The van der Waals surface area contributed by atoms with Crippen LogP contribution >= 0.6 is 0 Å². The molecule has 1 aromatic heterocycles. The van der Waals surface area contributed by atoms with Gasteiger partial charge in [0.1, 0.15) is 5.82 Å². The summed E-state index contributed by atoms with van der Waals surface area (Å²) in [7, 11) is 0. The molecular weight excluding hydrogens is 252 g/mol. The maximum atomic E-state index is 11.9. The van der Waals surface area contributed by atoms with Gasteiger partial charge in [-0.25, -0.2) is 4.98 Å². The second kappa shape index (κ2) is 6.55. The minimum atomic E-state index is -0.121. The van der Waals surface area contributed by atoms with E-state index >= 15 is 0 Å². The van der Waals surface area contributed by atoms with Gasteiger partial charge in [-0.3, -0.25) is 4.79 Å². The molecule has 4 heteroatoms. The van der Waals surface area contributed by atoms with Gasteiger partial charge in [-0.2, -0.15) is 0 Å². The molecule has 2 rings (SSSR count). The van der Waals surface area contributed by atoms with Gasteiger partial charge in [0.25, 0.3) is 0 Å². The van der Waals surface area contributed by atoms with E-state index in [1.54, 1.807) is 0 Å². The smallest absolute Gasteiger partial charge is 0.309 e. The molecule has 1 aromatic carbocycles. The summed E-state index contributed by atoms with van der Waals surface area (Å²) in [4.78, 5) is 16.6. The SMILES string of the molecule is CCOC(=O)C(CC)Cc1nc2ccccc2n1CC. The number of esters is 1. The first-order chi connectivity index (χ1) is 9.71. The van der Waals surface area contributed by atoms with Crippen molar-refractivity contribution in [2.45, 2.75) is 40.2 Å². The molecule has 0 N–H and O–H groups in total. The molecule has 1 unspecified atom stereocenters. The average Bonchev–Trinajstić information content (AvgIpc) is 2.82. The van der Waals surface area contributed by atoms with E-state index in [4.69, 9.17) is 4.74 Å². The Morgan fingerprint density at radius 3 is 2.70 bits per heavy atom. The first-order valence-electron chi connectivity index (χ1n) is 7.31. The van der Waals surface area contributed by atoms with Crippen molar-refractivity contribution >= 4 is 17.0 Å². The number of fused-ring (bicyclic) bond motifs is 1. The number of nitrogens with zero attached hydrogens (tertiary/aromatic N) is 2. The summed E-state index contributed by atoms with van der Waals surface area (Å²) < 4.78 is 7.32. The predicted molar refractivity (Wildman–Crippen MR) is 79.5 cm³/mol. The van der Waals surface area contributed by atoms with E-state index in [1.165, 1.54) is 0 Å². The molecule has 0 radical (unpaired) electrons. The van der Waals surface area contributed by atoms with Crippen LogP contribution in [-0.4, -0.2) is 22.1 Å². The highest BCUT2D eigenvalue weighted by Crippen LogP contribution is 2.20. The lowest BCUT2D eigenvalue weighted by atomic mass is 10.0. The maximum absolute atomic E-state index is 11.9. The van der Waals surface area contributed by atoms with Crippen molar-refractivity contribution in [1.82, 2.24) is 9.55 Å². The minimum Gasteiger partial charge on any atom is -0.466 e. The number of aromatic nitrogens is 2. The van der Waals surface area contributed by atoms with Gasteiger partial charge in [0.15, 0.2) is 0 Å². The van der Waals surface area contributed by atoms with Crippen molar-refractivity contribution in [3.05, 3.63) is 30.1 Å². The molecule has 0 amide bonds. The summed E-state index contributed by atoms with van der Waals surface area (Å²) >= 11 is 0. The Morgan fingerprint density at radius 2 is 2.05 bits per heavy atom. The Kier molecular flexibility index (Phi) is 4.77. The predicted octanol–water partition coefficient (Wildman–Crippen LogP) is 3.19. The zero-order chi connectivity index (χ0) is 14.5. The highest BCUT2D eigenvalue weighted by atomic mass is 16.5. The Balaban J connectivity index is 2.30. The van der Waals surface area contributed by atoms with Gasteiger partial charge >= 0.3 is 5.97 Å². The summed E-state index contributed by atoms with van der Waals surface area (Å²) in [6.07, 6.45) is 1.41. The van der Waals surface area contributed by atoms with Crippen LogP contribution in [0.1, 0.15) is 33.0 Å². The monoisotopic (exact) mass is 274 g/mol. The van der Waals surface area contributed by atoms with Crippen LogP contribution in [-0.2, 0) is 22.5 Å². The second-order valence-corrected chi connectivity index (χ2v) is 4.82. The summed E-state index contributed by atoms with van der Waals surface area (Å²) in [5.74, 6) is 0.732. The van der Waals surface area contributed by atoms with Gasteiger partial charge in [0.2, 0.25) is 0 Å². The Hall–Kier alpha value is -1.84. The third-order valence-electron chi connectivity index (χ3n) is 3.59. The normalized spacial score (nSPS) is 12.6. The fourth-order valence-electron chi connectivity index (χ4n) is 2.51. The van der Waals surface area contributed by atoms with Crippen molar-refractivity contribution in [3.63, 3.8) is 0 Å². The van der Waals surface area contributed by atoms with E-state index in [-0.39, 0.29) is 11.9 Å². The molecule has 1 heterocycles. The van der Waals surface area contributed by atoms with Crippen molar-refractivity contribution in [2.24, 2.45) is 5.92 Å². The number of carbonyl (C=O) groups excluding carboxylic acids is 1. The highest BCUT2D eigenvalue weighted by Gasteiger charge is 2.21. The molecule has 0 spiro atoms. The number of benzene rings is 1. The molecule has 108 valence electrons. The van der Waals surface area contributed by atoms with E-state index in [0.717, 1.165) is 29.8 Å². The van der Waals surface area contributed by atoms with Crippen LogP contribution in [0, 0.1) is 5.92 Å². The number of para-hydroxylation sites is 2. The molecule has 4 nitrogen and oxygen atoms in total. The number of hydrogen-bond donors (Lipinski definition) is 0. The van der Waals surface area contributed by atoms with Crippen molar-refractivity contribution in [3.8, 4) is 0 Å². The lowest BCUT2D eigenvalue weighted by Gasteiger charge is -2.14. The number of rotatable bonds is 6. The molecule has 0 saturated carbocycles. The summed E-state index contributed by atoms with van der Waals surface area (Å²) in [6.45, 7) is 7.24. The Bertz CT molecular complexity index is 589. The lowest BCUT2D eigenvalue weighted by molar-refractivity contribution is -0.148. The Morgan fingerprint density at radius 1 is 1.30 bits per heavy atom. The zero-order valence-corrected chi connectivity index (χ0v) is 12.4. The van der Waals surface area contributed by atoms with Gasteiger partial charge in [-0.1, -0.05) is 19.1 Å². The average molecular weight is 274 g/mol. The van der Waals surface area contributed by atoms with Gasteiger partial charge < -0.3 is 9.30 Å². The lowest BCUT2D eigenvalue weighted by Crippen LogP contribution is -2.21. The molecule has 2 aromatic rings. The van der Waals surface area contributed by atoms with Gasteiger partial charge in [-0.15, -0.1) is 0 Å². The van der Waals surface area contributed by atoms with Crippen LogP contribution in [0.2, 0.25) is 0 Å². The number of carbonyl (C=O) groups is 1. The van der Waals surface area contributed by atoms with E-state index in [2.05, 4.69) is 22.5 Å². The van der Waals surface area contributed by atoms with Crippen LogP contribution in [0.4, 0.5) is 0 Å². The number of hydrogen-bond acceptors (Lipinski definition) is 3. The summed E-state index contributed by atoms with van der Waals surface area (Å²) in [6, 6.07) is 8.08. The van der Waals surface area contributed by atoms with Crippen LogP contribution in [0.5, 0.6) is 0 Å². The number of ether oxygens (including phenoxy) is 1. The molecule has 0 aliphatic rings. The van der Waals surface area contributed by atoms with E-state index < -0.39 is 0 Å². The van der Waals surface area contributed by atoms with Crippen LogP contribution < -0.4 is 0 Å². The number of aryl methyl sites for hydroxylation is 1. The summed E-state index contributed by atoms with van der Waals surface area (Å²) in [5, 5.41) is 0. The first-order valence-corrected chi connectivity index (χ1v) is 7.31. The highest BCUT2D eigenvalue weighted by molar-refractivity contribution is 5.76. The zero-order valence-electron chi connectivity index (χ0n) is 12.4. The van der Waals surface area contributed by atoms with Crippen molar-refractivity contribution in [1.29, 1.82) is 0 Å². The van der Waals surface area contributed by atoms with Crippen LogP contribution in [0.25, 0.3) is 11.0 Å². The third kappa shape index (κ3) is 2.84. The molecule has 0 fully saturated rings. The molecular formula is C16H22N2O2. The molecule has 0 bridgehead atoms. The first kappa shape index (κ1) is 14.6. The number of imidazole rings is 1. The van der Waals surface area contributed by atoms with Crippen LogP contribution in [0.3, 0.4) is 0 Å². The topological polar surface area (TPSA) is 44.1 Å². The van der Waals surface area contributed by atoms with Gasteiger partial charge in [-0.05, 0) is 32.4 Å². The van der Waals surface area contributed by atoms with Crippen molar-refractivity contribution < 1.29 is 9.53 Å². The van der Waals surface area contributed by atoms with Gasteiger partial charge in [0, 0.05) is 13.0 Å². The fraction of sp³-hybridized carbons (Fsp3) is 0.500.